The number of hydrogen-bond acceptors (Lipinski definition) is 3. The molecule has 1 saturated heterocycles. The van der Waals surface area contributed by atoms with Crippen molar-refractivity contribution in [3.05, 3.63) is 47.8 Å². The maximum atomic E-state index is 5.43. The summed E-state index contributed by atoms with van der Waals surface area (Å²) in [6.07, 6.45) is 5.34. The van der Waals surface area contributed by atoms with Crippen molar-refractivity contribution in [1.29, 1.82) is 0 Å². The monoisotopic (exact) mass is 271 g/mol. The predicted octanol–water partition coefficient (Wildman–Crippen LogP) is 2.42. The minimum atomic E-state index is 0.610. The third-order valence-electron chi connectivity index (χ3n) is 4.06. The normalized spacial score (nSPS) is 19.4. The van der Waals surface area contributed by atoms with E-state index in [1.54, 1.807) is 7.11 Å². The van der Waals surface area contributed by atoms with E-state index >= 15 is 0 Å². The van der Waals surface area contributed by atoms with Crippen molar-refractivity contribution in [2.24, 2.45) is 7.05 Å². The van der Waals surface area contributed by atoms with Gasteiger partial charge in [0, 0.05) is 37.8 Å². The molecule has 0 radical (unpaired) electrons. The molecule has 0 aliphatic carbocycles. The molecule has 1 aliphatic heterocycles. The van der Waals surface area contributed by atoms with E-state index in [-0.39, 0.29) is 0 Å². The van der Waals surface area contributed by atoms with Gasteiger partial charge in [-0.05, 0) is 24.6 Å². The Morgan fingerprint density at radius 1 is 1.35 bits per heavy atom. The van der Waals surface area contributed by atoms with Crippen LogP contribution in [0.2, 0.25) is 0 Å². The van der Waals surface area contributed by atoms with E-state index in [0.29, 0.717) is 5.92 Å². The van der Waals surface area contributed by atoms with E-state index < -0.39 is 0 Å². The van der Waals surface area contributed by atoms with Crippen molar-refractivity contribution in [1.82, 2.24) is 14.7 Å². The summed E-state index contributed by atoms with van der Waals surface area (Å²) in [6, 6.07) is 8.28. The first-order valence-corrected chi connectivity index (χ1v) is 7.09. The van der Waals surface area contributed by atoms with Crippen molar-refractivity contribution in [2.45, 2.75) is 18.9 Å². The van der Waals surface area contributed by atoms with Crippen molar-refractivity contribution in [3.63, 3.8) is 0 Å². The fourth-order valence-electron chi connectivity index (χ4n) is 2.97. The number of nitrogens with zero attached hydrogens (tertiary/aromatic N) is 3. The van der Waals surface area contributed by atoms with Crippen LogP contribution in [0.3, 0.4) is 0 Å². The number of benzene rings is 1. The molecule has 4 heteroatoms. The number of para-hydroxylation sites is 1. The van der Waals surface area contributed by atoms with Gasteiger partial charge >= 0.3 is 0 Å². The van der Waals surface area contributed by atoms with Crippen LogP contribution in [0, 0.1) is 0 Å². The second-order valence-electron chi connectivity index (χ2n) is 5.48. The Balaban J connectivity index is 1.66. The van der Waals surface area contributed by atoms with Crippen LogP contribution in [0.4, 0.5) is 0 Å². The molecule has 2 heterocycles. The van der Waals surface area contributed by atoms with E-state index in [1.807, 2.05) is 30.1 Å². The molecule has 1 fully saturated rings. The molecule has 106 valence electrons. The molecule has 1 atom stereocenters. The third-order valence-corrected chi connectivity index (χ3v) is 4.06. The van der Waals surface area contributed by atoms with Gasteiger partial charge in [0.05, 0.1) is 13.3 Å². The highest BCUT2D eigenvalue weighted by atomic mass is 16.5. The van der Waals surface area contributed by atoms with E-state index in [1.165, 1.54) is 17.5 Å². The number of aryl methyl sites for hydroxylation is 1. The molecule has 0 amide bonds. The van der Waals surface area contributed by atoms with Gasteiger partial charge in [0.25, 0.3) is 0 Å². The Labute approximate surface area is 120 Å². The van der Waals surface area contributed by atoms with Gasteiger partial charge in [0.2, 0.25) is 0 Å². The quantitative estimate of drug-likeness (QED) is 0.855. The molecule has 0 N–H and O–H groups in total. The summed E-state index contributed by atoms with van der Waals surface area (Å²) >= 11 is 0. The summed E-state index contributed by atoms with van der Waals surface area (Å²) < 4.78 is 7.32. The van der Waals surface area contributed by atoms with Gasteiger partial charge < -0.3 is 4.74 Å². The number of methoxy groups -OCH3 is 1. The first kappa shape index (κ1) is 13.2. The van der Waals surface area contributed by atoms with Crippen molar-refractivity contribution in [3.8, 4) is 5.75 Å². The molecular formula is C16H21N3O. The minimum Gasteiger partial charge on any atom is -0.496 e. The van der Waals surface area contributed by atoms with Crippen molar-refractivity contribution in [2.75, 3.05) is 20.2 Å². The fraction of sp³-hybridized carbons (Fsp3) is 0.438. The lowest BCUT2D eigenvalue weighted by molar-refractivity contribution is 0.317. The number of rotatable bonds is 4. The second-order valence-corrected chi connectivity index (χ2v) is 5.48. The van der Waals surface area contributed by atoms with Crippen molar-refractivity contribution < 1.29 is 4.74 Å². The average molecular weight is 271 g/mol. The Kier molecular flexibility index (Phi) is 3.74. The summed E-state index contributed by atoms with van der Waals surface area (Å²) in [7, 11) is 3.71. The SMILES string of the molecule is COc1ccccc1CN1CCC(c2cnn(C)c2)C1. The van der Waals surface area contributed by atoms with Gasteiger partial charge in [-0.3, -0.25) is 9.58 Å². The molecular weight excluding hydrogens is 250 g/mol. The van der Waals surface area contributed by atoms with Crippen LogP contribution in [-0.4, -0.2) is 34.9 Å². The predicted molar refractivity (Wildman–Crippen MR) is 78.8 cm³/mol. The summed E-state index contributed by atoms with van der Waals surface area (Å²) in [5.41, 5.74) is 2.62. The van der Waals surface area contributed by atoms with Gasteiger partial charge in [0.1, 0.15) is 5.75 Å². The molecule has 0 spiro atoms. The Morgan fingerprint density at radius 2 is 2.20 bits per heavy atom. The zero-order valence-electron chi connectivity index (χ0n) is 12.1. The molecule has 1 aromatic carbocycles. The lowest BCUT2D eigenvalue weighted by atomic mass is 10.0. The van der Waals surface area contributed by atoms with Crippen LogP contribution in [0.25, 0.3) is 0 Å². The lowest BCUT2D eigenvalue weighted by Crippen LogP contribution is -2.20. The topological polar surface area (TPSA) is 30.3 Å². The molecule has 1 aromatic heterocycles. The standard InChI is InChI=1S/C16H21N3O/c1-18-10-15(9-17-18)13-7-8-19(11-13)12-14-5-3-4-6-16(14)20-2/h3-6,9-10,13H,7-8,11-12H2,1-2H3. The zero-order valence-corrected chi connectivity index (χ0v) is 12.1. The maximum Gasteiger partial charge on any atom is 0.123 e. The van der Waals surface area contributed by atoms with Crippen LogP contribution in [-0.2, 0) is 13.6 Å². The molecule has 20 heavy (non-hydrogen) atoms. The average Bonchev–Trinajstić information content (AvgIpc) is 3.08. The van der Waals surface area contributed by atoms with Gasteiger partial charge in [-0.2, -0.15) is 5.10 Å². The van der Waals surface area contributed by atoms with Crippen LogP contribution in [0.15, 0.2) is 36.7 Å². The highest BCUT2D eigenvalue weighted by molar-refractivity contribution is 5.33. The third kappa shape index (κ3) is 2.70. The first-order chi connectivity index (χ1) is 9.76. The van der Waals surface area contributed by atoms with E-state index in [4.69, 9.17) is 4.74 Å². The first-order valence-electron chi connectivity index (χ1n) is 7.09. The van der Waals surface area contributed by atoms with Gasteiger partial charge in [-0.25, -0.2) is 0 Å². The summed E-state index contributed by atoms with van der Waals surface area (Å²) in [4.78, 5) is 2.50. The summed E-state index contributed by atoms with van der Waals surface area (Å²) in [5.74, 6) is 1.59. The van der Waals surface area contributed by atoms with Crippen LogP contribution < -0.4 is 4.74 Å². The summed E-state index contributed by atoms with van der Waals surface area (Å²) in [5, 5.41) is 4.28. The smallest absolute Gasteiger partial charge is 0.123 e. The van der Waals surface area contributed by atoms with Crippen molar-refractivity contribution >= 4 is 0 Å². The van der Waals surface area contributed by atoms with E-state index in [9.17, 15) is 0 Å². The Hall–Kier alpha value is -1.81. The number of aromatic nitrogens is 2. The zero-order chi connectivity index (χ0) is 13.9. The molecule has 0 bridgehead atoms. The Morgan fingerprint density at radius 3 is 2.95 bits per heavy atom. The molecule has 2 aromatic rings. The van der Waals surface area contributed by atoms with Gasteiger partial charge in [-0.15, -0.1) is 0 Å². The molecule has 1 aliphatic rings. The minimum absolute atomic E-state index is 0.610. The lowest BCUT2D eigenvalue weighted by Gasteiger charge is -2.17. The van der Waals surface area contributed by atoms with Crippen LogP contribution in [0.5, 0.6) is 5.75 Å². The fourth-order valence-corrected chi connectivity index (χ4v) is 2.97. The molecule has 3 rings (SSSR count). The maximum absolute atomic E-state index is 5.43. The molecule has 4 nitrogen and oxygen atoms in total. The largest absolute Gasteiger partial charge is 0.496 e. The number of hydrogen-bond donors (Lipinski definition) is 0. The van der Waals surface area contributed by atoms with Gasteiger partial charge in [0.15, 0.2) is 0 Å². The highest BCUT2D eigenvalue weighted by Gasteiger charge is 2.25. The number of likely N-dealkylation sites (tertiary alicyclic amines) is 1. The van der Waals surface area contributed by atoms with E-state index in [0.717, 1.165) is 25.4 Å². The molecule has 0 saturated carbocycles. The Bertz CT molecular complexity index is 579. The molecule has 1 unspecified atom stereocenters. The van der Waals surface area contributed by atoms with Crippen LogP contribution in [0.1, 0.15) is 23.5 Å². The highest BCUT2D eigenvalue weighted by Crippen LogP contribution is 2.29. The summed E-state index contributed by atoms with van der Waals surface area (Å²) in [6.45, 7) is 3.20. The van der Waals surface area contributed by atoms with Gasteiger partial charge in [-0.1, -0.05) is 18.2 Å². The second kappa shape index (κ2) is 5.67. The number of ether oxygens (including phenoxy) is 1. The van der Waals surface area contributed by atoms with E-state index in [2.05, 4.69) is 28.3 Å². The van der Waals surface area contributed by atoms with Crippen LogP contribution >= 0.6 is 0 Å².